The van der Waals surface area contributed by atoms with Crippen LogP contribution in [0.25, 0.3) is 0 Å². The predicted molar refractivity (Wildman–Crippen MR) is 85.7 cm³/mol. The Morgan fingerprint density at radius 3 is 2.91 bits per heavy atom. The summed E-state index contributed by atoms with van der Waals surface area (Å²) in [6, 6.07) is -0.140. The van der Waals surface area contributed by atoms with Crippen molar-refractivity contribution in [3.63, 3.8) is 0 Å². The van der Waals surface area contributed by atoms with E-state index in [1.165, 1.54) is 11.3 Å². The third-order valence-electron chi connectivity index (χ3n) is 4.18. The maximum Gasteiger partial charge on any atom is 0.323 e. The van der Waals surface area contributed by atoms with Gasteiger partial charge in [0.15, 0.2) is 5.13 Å². The quantitative estimate of drug-likeness (QED) is 0.826. The van der Waals surface area contributed by atoms with Gasteiger partial charge in [-0.05, 0) is 19.3 Å². The van der Waals surface area contributed by atoms with Gasteiger partial charge in [0.25, 0.3) is 0 Å². The minimum absolute atomic E-state index is 0.00742. The van der Waals surface area contributed by atoms with E-state index in [2.05, 4.69) is 10.3 Å². The largest absolute Gasteiger partial charge is 0.459 e. The lowest BCUT2D eigenvalue weighted by atomic mass is 9.94. The molecule has 1 saturated carbocycles. The molecule has 2 atom stereocenters. The number of hydrogen-bond donors (Lipinski definition) is 1. The zero-order chi connectivity index (χ0) is 16.2. The highest BCUT2D eigenvalue weighted by Crippen LogP contribution is 2.25. The van der Waals surface area contributed by atoms with Crippen LogP contribution in [0.15, 0.2) is 5.38 Å². The molecule has 0 aromatic carbocycles. The first-order valence-electron chi connectivity index (χ1n) is 7.89. The van der Waals surface area contributed by atoms with Gasteiger partial charge in [0.2, 0.25) is 0 Å². The molecule has 3 rings (SSSR count). The topological polar surface area (TPSA) is 80.8 Å². The highest BCUT2D eigenvalue weighted by atomic mass is 32.1. The van der Waals surface area contributed by atoms with Crippen LogP contribution in [0.2, 0.25) is 0 Å². The number of aromatic nitrogens is 1. The lowest BCUT2D eigenvalue weighted by molar-refractivity contribution is -0.158. The Hall–Kier alpha value is -1.67. The number of nitrogens with one attached hydrogen (secondary N) is 1. The number of esters is 1. The monoisotopic (exact) mass is 339 g/mol. The molecule has 7 nitrogen and oxygen atoms in total. The molecular formula is C15H21N3O4S. The van der Waals surface area contributed by atoms with Crippen LogP contribution in [0, 0.1) is 0 Å². The van der Waals surface area contributed by atoms with E-state index < -0.39 is 0 Å². The van der Waals surface area contributed by atoms with Gasteiger partial charge >= 0.3 is 12.0 Å². The van der Waals surface area contributed by atoms with Gasteiger partial charge in [0, 0.05) is 25.6 Å². The van der Waals surface area contributed by atoms with E-state index in [0.717, 1.165) is 25.7 Å². The molecule has 126 valence electrons. The molecule has 1 aliphatic heterocycles. The normalized spacial score (nSPS) is 24.6. The fraction of sp³-hybridized carbons (Fsp3) is 0.667. The summed E-state index contributed by atoms with van der Waals surface area (Å²) >= 11 is 1.37. The van der Waals surface area contributed by atoms with Crippen LogP contribution in [-0.2, 0) is 20.7 Å². The van der Waals surface area contributed by atoms with Gasteiger partial charge < -0.3 is 14.8 Å². The maximum atomic E-state index is 12.1. The molecule has 23 heavy (non-hydrogen) atoms. The molecule has 8 heteroatoms. The molecule has 0 unspecified atom stereocenters. The number of nitrogens with zero attached hydrogens (tertiary/aromatic N) is 2. The molecule has 2 heterocycles. The summed E-state index contributed by atoms with van der Waals surface area (Å²) in [6.45, 7) is 1.23. The molecule has 2 aliphatic rings. The fourth-order valence-corrected chi connectivity index (χ4v) is 3.83. The van der Waals surface area contributed by atoms with Crippen molar-refractivity contribution in [3.05, 3.63) is 11.1 Å². The van der Waals surface area contributed by atoms with E-state index in [4.69, 9.17) is 9.47 Å². The van der Waals surface area contributed by atoms with Gasteiger partial charge in [0.1, 0.15) is 6.10 Å². The van der Waals surface area contributed by atoms with E-state index in [9.17, 15) is 9.59 Å². The molecule has 0 radical (unpaired) electrons. The third kappa shape index (κ3) is 3.81. The molecule has 2 fully saturated rings. The van der Waals surface area contributed by atoms with Crippen LogP contribution in [0.5, 0.6) is 0 Å². The predicted octanol–water partition coefficient (Wildman–Crippen LogP) is 1.72. The summed E-state index contributed by atoms with van der Waals surface area (Å²) in [4.78, 5) is 29.7. The van der Waals surface area contributed by atoms with Gasteiger partial charge in [-0.3, -0.25) is 9.69 Å². The van der Waals surface area contributed by atoms with Crippen molar-refractivity contribution >= 4 is 28.5 Å². The molecule has 2 amide bonds. The van der Waals surface area contributed by atoms with Gasteiger partial charge in [0.05, 0.1) is 18.2 Å². The first-order chi connectivity index (χ1) is 11.2. The van der Waals surface area contributed by atoms with Crippen LogP contribution >= 0.6 is 11.3 Å². The highest BCUT2D eigenvalue weighted by Gasteiger charge is 2.29. The van der Waals surface area contributed by atoms with Crippen LogP contribution in [0.3, 0.4) is 0 Å². The SMILES string of the molecule is CO[C@@H]1CCCC[C@H]1OC(=O)Cc1csc(N2CCNC2=O)n1. The van der Waals surface area contributed by atoms with Crippen LogP contribution < -0.4 is 10.2 Å². The minimum atomic E-state index is -0.290. The fourth-order valence-electron chi connectivity index (χ4n) is 2.98. The standard InChI is InChI=1S/C15H21N3O4S/c1-21-11-4-2-3-5-12(11)22-13(19)8-10-9-23-15(17-10)18-7-6-16-14(18)20/h9,11-12H,2-8H2,1H3,(H,16,20)/t11-,12-/m1/s1. The van der Waals surface area contributed by atoms with Crippen molar-refractivity contribution in [3.8, 4) is 0 Å². The zero-order valence-corrected chi connectivity index (χ0v) is 13.9. The summed E-state index contributed by atoms with van der Waals surface area (Å²) in [6.07, 6.45) is 3.90. The van der Waals surface area contributed by atoms with Crippen molar-refractivity contribution in [2.45, 2.75) is 44.3 Å². The number of carbonyl (C=O) groups is 2. The molecule has 0 bridgehead atoms. The van der Waals surface area contributed by atoms with E-state index in [1.54, 1.807) is 17.4 Å². The maximum absolute atomic E-state index is 12.1. The van der Waals surface area contributed by atoms with Crippen molar-refractivity contribution < 1.29 is 19.1 Å². The van der Waals surface area contributed by atoms with Crippen molar-refractivity contribution in [2.24, 2.45) is 0 Å². The molecule has 1 aromatic rings. The first kappa shape index (κ1) is 16.2. The summed E-state index contributed by atoms with van der Waals surface area (Å²) in [7, 11) is 1.66. The summed E-state index contributed by atoms with van der Waals surface area (Å²) in [5.74, 6) is -0.290. The van der Waals surface area contributed by atoms with E-state index in [1.807, 2.05) is 0 Å². The molecule has 1 saturated heterocycles. The van der Waals surface area contributed by atoms with E-state index in [-0.39, 0.29) is 30.6 Å². The molecule has 1 aromatic heterocycles. The second kappa shape index (κ2) is 7.27. The number of anilines is 1. The van der Waals surface area contributed by atoms with Crippen LogP contribution in [0.1, 0.15) is 31.4 Å². The number of carbonyl (C=O) groups excluding carboxylic acids is 2. The lowest BCUT2D eigenvalue weighted by Gasteiger charge is -2.29. The summed E-state index contributed by atoms with van der Waals surface area (Å²) in [5.41, 5.74) is 0.638. The lowest BCUT2D eigenvalue weighted by Crippen LogP contribution is -2.36. The van der Waals surface area contributed by atoms with Crippen LogP contribution in [-0.4, -0.2) is 49.4 Å². The Morgan fingerprint density at radius 1 is 1.43 bits per heavy atom. The second-order valence-electron chi connectivity index (χ2n) is 5.77. The molecule has 1 aliphatic carbocycles. The van der Waals surface area contributed by atoms with E-state index in [0.29, 0.717) is 23.9 Å². The third-order valence-corrected chi connectivity index (χ3v) is 5.09. The van der Waals surface area contributed by atoms with Crippen molar-refractivity contribution in [1.82, 2.24) is 10.3 Å². The van der Waals surface area contributed by atoms with E-state index >= 15 is 0 Å². The van der Waals surface area contributed by atoms with Gasteiger partial charge in [-0.1, -0.05) is 6.42 Å². The van der Waals surface area contributed by atoms with Gasteiger partial charge in [-0.15, -0.1) is 11.3 Å². The number of methoxy groups -OCH3 is 1. The number of hydrogen-bond acceptors (Lipinski definition) is 6. The van der Waals surface area contributed by atoms with Crippen molar-refractivity contribution in [2.75, 3.05) is 25.1 Å². The average Bonchev–Trinajstić information content (AvgIpc) is 3.16. The van der Waals surface area contributed by atoms with Gasteiger partial charge in [-0.25, -0.2) is 9.78 Å². The second-order valence-corrected chi connectivity index (χ2v) is 6.61. The average molecular weight is 339 g/mol. The first-order valence-corrected chi connectivity index (χ1v) is 8.77. The Balaban J connectivity index is 1.55. The number of urea groups is 1. The number of ether oxygens (including phenoxy) is 2. The highest BCUT2D eigenvalue weighted by molar-refractivity contribution is 7.14. The Labute approximate surface area is 139 Å². The minimum Gasteiger partial charge on any atom is -0.459 e. The Bertz CT molecular complexity index is 577. The summed E-state index contributed by atoms with van der Waals surface area (Å²) in [5, 5.41) is 5.15. The smallest absolute Gasteiger partial charge is 0.323 e. The molecule has 0 spiro atoms. The molecule has 1 N–H and O–H groups in total. The summed E-state index contributed by atoms with van der Waals surface area (Å²) < 4.78 is 11.0. The Kier molecular flexibility index (Phi) is 5.12. The number of rotatable bonds is 5. The van der Waals surface area contributed by atoms with Crippen molar-refractivity contribution in [1.29, 1.82) is 0 Å². The number of thiazole rings is 1. The zero-order valence-electron chi connectivity index (χ0n) is 13.1. The molecular weight excluding hydrogens is 318 g/mol. The van der Waals surface area contributed by atoms with Gasteiger partial charge in [-0.2, -0.15) is 0 Å². The number of amides is 2. The Morgan fingerprint density at radius 2 is 2.22 bits per heavy atom. The van der Waals surface area contributed by atoms with Crippen LogP contribution in [0.4, 0.5) is 9.93 Å².